The maximum Gasteiger partial charge on any atom is 0.270 e. The van der Waals surface area contributed by atoms with Gasteiger partial charge in [-0.15, -0.1) is 11.3 Å². The van der Waals surface area contributed by atoms with Gasteiger partial charge in [-0.2, -0.15) is 0 Å². The Hall–Kier alpha value is -1.73. The van der Waals surface area contributed by atoms with Crippen molar-refractivity contribution in [1.29, 1.82) is 0 Å². The first-order chi connectivity index (χ1) is 9.47. The number of nitro groups is 1. The fraction of sp³-hybridized carbons (Fsp3) is 0.167. The molecule has 1 aromatic carbocycles. The number of hydrogen-bond donors (Lipinski definition) is 1. The van der Waals surface area contributed by atoms with E-state index in [9.17, 15) is 18.9 Å². The van der Waals surface area contributed by atoms with E-state index in [1.807, 2.05) is 0 Å². The maximum absolute atomic E-state index is 12.9. The van der Waals surface area contributed by atoms with E-state index in [4.69, 9.17) is 11.6 Å². The van der Waals surface area contributed by atoms with E-state index in [1.54, 1.807) is 12.1 Å². The Morgan fingerprint density at radius 1 is 1.35 bits per heavy atom. The second-order valence-corrected chi connectivity index (χ2v) is 5.69. The number of alkyl halides is 2. The molecule has 0 fully saturated rings. The molecule has 0 aliphatic rings. The third-order valence-electron chi connectivity index (χ3n) is 2.56. The summed E-state index contributed by atoms with van der Waals surface area (Å²) in [6, 6.07) is 6.86. The Morgan fingerprint density at radius 3 is 2.65 bits per heavy atom. The highest BCUT2D eigenvalue weighted by Gasteiger charge is 2.17. The molecular weight excluding hydrogens is 310 g/mol. The normalized spacial score (nSPS) is 10.8. The third-order valence-corrected chi connectivity index (χ3v) is 3.79. The monoisotopic (exact) mass is 318 g/mol. The molecular formula is C12H9ClF2N2O2S. The van der Waals surface area contributed by atoms with Gasteiger partial charge in [0, 0.05) is 34.8 Å². The van der Waals surface area contributed by atoms with E-state index in [0.717, 1.165) is 10.9 Å². The summed E-state index contributed by atoms with van der Waals surface area (Å²) >= 11 is 7.11. The largest absolute Gasteiger partial charge is 0.380 e. The van der Waals surface area contributed by atoms with E-state index >= 15 is 0 Å². The van der Waals surface area contributed by atoms with Gasteiger partial charge in [-0.05, 0) is 18.2 Å². The molecule has 0 spiro atoms. The zero-order valence-electron chi connectivity index (χ0n) is 9.98. The van der Waals surface area contributed by atoms with E-state index in [0.29, 0.717) is 10.9 Å². The highest BCUT2D eigenvalue weighted by Crippen LogP contribution is 2.31. The number of benzene rings is 1. The second kappa shape index (κ2) is 6.15. The Morgan fingerprint density at radius 2 is 2.10 bits per heavy atom. The van der Waals surface area contributed by atoms with Gasteiger partial charge in [-0.1, -0.05) is 11.6 Å². The zero-order chi connectivity index (χ0) is 14.7. The van der Waals surface area contributed by atoms with Crippen molar-refractivity contribution in [3.05, 3.63) is 55.2 Å². The van der Waals surface area contributed by atoms with Crippen LogP contribution in [0.15, 0.2) is 30.3 Å². The molecule has 2 aromatic rings. The maximum atomic E-state index is 12.9. The molecule has 2 rings (SSSR count). The lowest BCUT2D eigenvalue weighted by molar-refractivity contribution is -0.385. The van der Waals surface area contributed by atoms with Crippen LogP contribution in [-0.2, 0) is 6.54 Å². The summed E-state index contributed by atoms with van der Waals surface area (Å²) in [5.41, 5.74) is -0.568. The molecule has 0 unspecified atom stereocenters. The zero-order valence-corrected chi connectivity index (χ0v) is 11.5. The number of halogens is 3. The summed E-state index contributed by atoms with van der Waals surface area (Å²) in [5.74, 6) is 0. The molecule has 0 bridgehead atoms. The molecule has 8 heteroatoms. The van der Waals surface area contributed by atoms with E-state index in [1.165, 1.54) is 23.5 Å². The number of nitro benzene ring substituents is 1. The predicted molar refractivity (Wildman–Crippen MR) is 74.7 cm³/mol. The lowest BCUT2D eigenvalue weighted by Crippen LogP contribution is -2.02. The number of non-ortho nitro benzene ring substituents is 1. The average Bonchev–Trinajstić information content (AvgIpc) is 2.81. The standard InChI is InChI=1S/C12H9ClF2N2O2S/c13-11-4-2-8(20-11)6-16-10-3-1-7(17(18)19)5-9(10)12(14)15/h1-5,12,16H,6H2. The van der Waals surface area contributed by atoms with Crippen LogP contribution in [0.1, 0.15) is 16.9 Å². The lowest BCUT2D eigenvalue weighted by atomic mass is 10.1. The first kappa shape index (κ1) is 14.7. The number of thiophene rings is 1. The molecule has 0 radical (unpaired) electrons. The molecule has 0 amide bonds. The highest BCUT2D eigenvalue weighted by molar-refractivity contribution is 7.16. The van der Waals surface area contributed by atoms with Gasteiger partial charge in [0.1, 0.15) is 0 Å². The van der Waals surface area contributed by atoms with Crippen LogP contribution in [0.4, 0.5) is 20.2 Å². The van der Waals surface area contributed by atoms with Gasteiger partial charge in [-0.25, -0.2) is 8.78 Å². The van der Waals surface area contributed by atoms with Gasteiger partial charge < -0.3 is 5.32 Å². The molecule has 106 valence electrons. The molecule has 20 heavy (non-hydrogen) atoms. The summed E-state index contributed by atoms with van der Waals surface area (Å²) in [6.07, 6.45) is -2.79. The fourth-order valence-electron chi connectivity index (χ4n) is 1.63. The van der Waals surface area contributed by atoms with Crippen molar-refractivity contribution >= 4 is 34.3 Å². The molecule has 4 nitrogen and oxygen atoms in total. The molecule has 0 saturated carbocycles. The topological polar surface area (TPSA) is 55.2 Å². The lowest BCUT2D eigenvalue weighted by Gasteiger charge is -2.10. The first-order valence-corrected chi connectivity index (χ1v) is 6.71. The van der Waals surface area contributed by atoms with Gasteiger partial charge in [0.25, 0.3) is 12.1 Å². The molecule has 0 aliphatic heterocycles. The number of anilines is 1. The van der Waals surface area contributed by atoms with Crippen molar-refractivity contribution in [2.75, 3.05) is 5.32 Å². The van der Waals surface area contributed by atoms with Crippen LogP contribution in [0, 0.1) is 10.1 Å². The van der Waals surface area contributed by atoms with Crippen molar-refractivity contribution in [2.24, 2.45) is 0 Å². The minimum Gasteiger partial charge on any atom is -0.380 e. The Kier molecular flexibility index (Phi) is 4.51. The first-order valence-electron chi connectivity index (χ1n) is 5.52. The molecule has 1 N–H and O–H groups in total. The molecule has 0 aliphatic carbocycles. The number of nitrogens with zero attached hydrogens (tertiary/aromatic N) is 1. The summed E-state index contributed by atoms with van der Waals surface area (Å²) < 4.78 is 26.5. The summed E-state index contributed by atoms with van der Waals surface area (Å²) in [6.45, 7) is 0.328. The summed E-state index contributed by atoms with van der Waals surface area (Å²) in [4.78, 5) is 10.8. The van der Waals surface area contributed by atoms with Gasteiger partial charge in [0.05, 0.1) is 9.26 Å². The van der Waals surface area contributed by atoms with Gasteiger partial charge in [0.2, 0.25) is 0 Å². The van der Waals surface area contributed by atoms with Gasteiger partial charge in [-0.3, -0.25) is 10.1 Å². The van der Waals surface area contributed by atoms with Crippen LogP contribution < -0.4 is 5.32 Å². The van der Waals surface area contributed by atoms with E-state index in [2.05, 4.69) is 5.32 Å². The van der Waals surface area contributed by atoms with Crippen molar-refractivity contribution in [3.63, 3.8) is 0 Å². The quantitative estimate of drug-likeness (QED) is 0.632. The van der Waals surface area contributed by atoms with E-state index < -0.39 is 11.3 Å². The number of hydrogen-bond acceptors (Lipinski definition) is 4. The van der Waals surface area contributed by atoms with E-state index in [-0.39, 0.29) is 16.9 Å². The third kappa shape index (κ3) is 3.43. The predicted octanol–water partition coefficient (Wildman–Crippen LogP) is 4.86. The smallest absolute Gasteiger partial charge is 0.270 e. The van der Waals surface area contributed by atoms with Crippen LogP contribution in [0.5, 0.6) is 0 Å². The second-order valence-electron chi connectivity index (χ2n) is 3.89. The van der Waals surface area contributed by atoms with Crippen LogP contribution in [-0.4, -0.2) is 4.92 Å². The summed E-state index contributed by atoms with van der Waals surface area (Å²) in [7, 11) is 0. The molecule has 0 atom stereocenters. The van der Waals surface area contributed by atoms with Gasteiger partial charge in [0.15, 0.2) is 0 Å². The molecule has 1 heterocycles. The van der Waals surface area contributed by atoms with Crippen molar-refractivity contribution in [3.8, 4) is 0 Å². The number of nitrogens with one attached hydrogen (secondary N) is 1. The Labute approximate surface area is 122 Å². The molecule has 1 aromatic heterocycles. The van der Waals surface area contributed by atoms with Crippen molar-refractivity contribution < 1.29 is 13.7 Å². The SMILES string of the molecule is O=[N+]([O-])c1ccc(NCc2ccc(Cl)s2)c(C(F)F)c1. The minimum atomic E-state index is -2.79. The van der Waals surface area contributed by atoms with Crippen LogP contribution >= 0.6 is 22.9 Å². The van der Waals surface area contributed by atoms with Crippen molar-refractivity contribution in [1.82, 2.24) is 0 Å². The summed E-state index contributed by atoms with van der Waals surface area (Å²) in [5, 5.41) is 13.4. The molecule has 0 saturated heterocycles. The Bertz CT molecular complexity index is 634. The average molecular weight is 319 g/mol. The van der Waals surface area contributed by atoms with Gasteiger partial charge >= 0.3 is 0 Å². The fourth-order valence-corrected chi connectivity index (χ4v) is 2.66. The van der Waals surface area contributed by atoms with Crippen molar-refractivity contribution in [2.45, 2.75) is 13.0 Å². The highest BCUT2D eigenvalue weighted by atomic mass is 35.5. The van der Waals surface area contributed by atoms with Crippen LogP contribution in [0.3, 0.4) is 0 Å². The number of rotatable bonds is 5. The van der Waals surface area contributed by atoms with Crippen LogP contribution in [0.2, 0.25) is 4.34 Å². The van der Waals surface area contributed by atoms with Crippen LogP contribution in [0.25, 0.3) is 0 Å². The minimum absolute atomic E-state index is 0.176. The Balaban J connectivity index is 2.20.